The molecule has 2 rings (SSSR count). The average molecular weight is 197 g/mol. The van der Waals surface area contributed by atoms with E-state index in [1.54, 1.807) is 0 Å². The zero-order chi connectivity index (χ0) is 9.10. The molecule has 2 nitrogen and oxygen atoms in total. The minimum atomic E-state index is 0.272. The van der Waals surface area contributed by atoms with Gasteiger partial charge in [0.25, 0.3) is 0 Å². The van der Waals surface area contributed by atoms with Gasteiger partial charge in [0.2, 0.25) is 0 Å². The molecule has 0 amide bonds. The number of ether oxygens (including phenoxy) is 1. The summed E-state index contributed by atoms with van der Waals surface area (Å²) in [5.41, 5.74) is 1.40. The normalized spacial score (nSPS) is 22.4. The maximum absolute atomic E-state index is 5.77. The molecule has 1 aliphatic heterocycles. The maximum Gasteiger partial charge on any atom is 0.0959 e. The number of nitrogens with one attached hydrogen (secondary N) is 1. The summed E-state index contributed by atoms with van der Waals surface area (Å²) < 4.78 is 5.77. The summed E-state index contributed by atoms with van der Waals surface area (Å²) in [5, 5.41) is 5.34. The smallest absolute Gasteiger partial charge is 0.0959 e. The molecule has 2 heterocycles. The Bertz CT molecular complexity index is 272. The Balaban J connectivity index is 2.20. The Hall–Kier alpha value is -0.380. The number of hydrogen-bond donors (Lipinski definition) is 1. The van der Waals surface area contributed by atoms with Crippen molar-refractivity contribution < 1.29 is 4.74 Å². The molecule has 1 aliphatic rings. The van der Waals surface area contributed by atoms with Crippen LogP contribution in [-0.4, -0.2) is 20.2 Å². The summed E-state index contributed by atoms with van der Waals surface area (Å²) in [5.74, 6) is 0. The van der Waals surface area contributed by atoms with Crippen molar-refractivity contribution in [2.24, 2.45) is 0 Å². The topological polar surface area (TPSA) is 21.3 Å². The van der Waals surface area contributed by atoms with Gasteiger partial charge in [0.05, 0.1) is 6.10 Å². The average Bonchev–Trinajstić information content (AvgIpc) is 2.52. The van der Waals surface area contributed by atoms with Gasteiger partial charge >= 0.3 is 0 Å². The SMILES string of the molecule is CNCC1OCCCc2sccc21. The fraction of sp³-hybridized carbons (Fsp3) is 0.600. The Labute approximate surface area is 82.9 Å². The van der Waals surface area contributed by atoms with E-state index in [9.17, 15) is 0 Å². The van der Waals surface area contributed by atoms with Gasteiger partial charge in [-0.1, -0.05) is 0 Å². The lowest BCUT2D eigenvalue weighted by Gasteiger charge is -2.14. The molecule has 1 aromatic heterocycles. The first kappa shape index (κ1) is 9.19. The highest BCUT2D eigenvalue weighted by atomic mass is 32.1. The lowest BCUT2D eigenvalue weighted by molar-refractivity contribution is 0.0579. The molecule has 0 saturated heterocycles. The quantitative estimate of drug-likeness (QED) is 0.782. The van der Waals surface area contributed by atoms with Crippen LogP contribution < -0.4 is 5.32 Å². The zero-order valence-electron chi connectivity index (χ0n) is 7.88. The Morgan fingerprint density at radius 3 is 3.46 bits per heavy atom. The summed E-state index contributed by atoms with van der Waals surface area (Å²) in [6.45, 7) is 1.82. The van der Waals surface area contributed by atoms with E-state index in [4.69, 9.17) is 4.74 Å². The van der Waals surface area contributed by atoms with Crippen molar-refractivity contribution in [1.29, 1.82) is 0 Å². The van der Waals surface area contributed by atoms with Crippen LogP contribution in [0.2, 0.25) is 0 Å². The molecule has 1 aromatic rings. The molecule has 1 atom stereocenters. The van der Waals surface area contributed by atoms with E-state index in [0.717, 1.165) is 19.6 Å². The number of hydrogen-bond acceptors (Lipinski definition) is 3. The third kappa shape index (κ3) is 1.93. The summed E-state index contributed by atoms with van der Waals surface area (Å²) in [6, 6.07) is 2.20. The molecule has 0 bridgehead atoms. The molecule has 0 spiro atoms. The van der Waals surface area contributed by atoms with Crippen LogP contribution in [0.15, 0.2) is 11.4 Å². The standard InChI is InChI=1S/C10H15NOS/c1-11-7-9-8-4-6-13-10(8)3-2-5-12-9/h4,6,9,11H,2-3,5,7H2,1H3. The molecule has 0 aromatic carbocycles. The van der Waals surface area contributed by atoms with Gasteiger partial charge in [-0.25, -0.2) is 0 Å². The summed E-state index contributed by atoms with van der Waals surface area (Å²) >= 11 is 1.86. The minimum Gasteiger partial charge on any atom is -0.372 e. The molecule has 0 aliphatic carbocycles. The van der Waals surface area contributed by atoms with Gasteiger partial charge in [-0.3, -0.25) is 0 Å². The second-order valence-corrected chi connectivity index (χ2v) is 4.32. The maximum atomic E-state index is 5.77. The molecule has 0 radical (unpaired) electrons. The zero-order valence-corrected chi connectivity index (χ0v) is 8.69. The van der Waals surface area contributed by atoms with Gasteiger partial charge in [0, 0.05) is 18.0 Å². The first-order valence-corrected chi connectivity index (χ1v) is 5.62. The molecule has 0 saturated carbocycles. The Morgan fingerprint density at radius 1 is 1.69 bits per heavy atom. The summed E-state index contributed by atoms with van der Waals surface area (Å²) in [4.78, 5) is 1.51. The van der Waals surface area contributed by atoms with E-state index in [0.29, 0.717) is 0 Å². The largest absolute Gasteiger partial charge is 0.372 e. The highest BCUT2D eigenvalue weighted by molar-refractivity contribution is 7.10. The van der Waals surface area contributed by atoms with Crippen LogP contribution in [-0.2, 0) is 11.2 Å². The van der Waals surface area contributed by atoms with Crippen molar-refractivity contribution in [2.45, 2.75) is 18.9 Å². The number of aryl methyl sites for hydroxylation is 1. The van der Waals surface area contributed by atoms with E-state index in [2.05, 4.69) is 16.8 Å². The fourth-order valence-corrected chi connectivity index (χ4v) is 2.72. The predicted molar refractivity (Wildman–Crippen MR) is 55.3 cm³/mol. The molecular weight excluding hydrogens is 182 g/mol. The predicted octanol–water partition coefficient (Wildman–Crippen LogP) is 1.97. The highest BCUT2D eigenvalue weighted by Gasteiger charge is 2.19. The van der Waals surface area contributed by atoms with E-state index in [1.807, 2.05) is 18.4 Å². The van der Waals surface area contributed by atoms with Gasteiger partial charge in [-0.2, -0.15) is 0 Å². The summed E-state index contributed by atoms with van der Waals surface area (Å²) in [7, 11) is 1.97. The Kier molecular flexibility index (Phi) is 2.98. The molecule has 1 N–H and O–H groups in total. The van der Waals surface area contributed by atoms with Crippen LogP contribution >= 0.6 is 11.3 Å². The lowest BCUT2D eigenvalue weighted by Crippen LogP contribution is -2.19. The number of thiophene rings is 1. The van der Waals surface area contributed by atoms with E-state index < -0.39 is 0 Å². The number of rotatable bonds is 2. The van der Waals surface area contributed by atoms with Gasteiger partial charge in [0.15, 0.2) is 0 Å². The van der Waals surface area contributed by atoms with Gasteiger partial charge in [-0.05, 0) is 36.9 Å². The van der Waals surface area contributed by atoms with Crippen molar-refractivity contribution in [3.63, 3.8) is 0 Å². The molecular formula is C10H15NOS. The first-order chi connectivity index (χ1) is 6.42. The van der Waals surface area contributed by atoms with E-state index in [-0.39, 0.29) is 6.10 Å². The second kappa shape index (κ2) is 4.22. The molecule has 0 fully saturated rings. The number of likely N-dealkylation sites (N-methyl/N-ethyl adjacent to an activating group) is 1. The van der Waals surface area contributed by atoms with Crippen LogP contribution in [0.25, 0.3) is 0 Å². The van der Waals surface area contributed by atoms with E-state index >= 15 is 0 Å². The first-order valence-electron chi connectivity index (χ1n) is 4.74. The molecule has 72 valence electrons. The minimum absolute atomic E-state index is 0.272. The van der Waals surface area contributed by atoms with Gasteiger partial charge < -0.3 is 10.1 Å². The van der Waals surface area contributed by atoms with Crippen LogP contribution in [0.3, 0.4) is 0 Å². The molecule has 13 heavy (non-hydrogen) atoms. The molecule has 1 unspecified atom stereocenters. The van der Waals surface area contributed by atoms with Crippen molar-refractivity contribution in [2.75, 3.05) is 20.2 Å². The third-order valence-electron chi connectivity index (χ3n) is 2.38. The lowest BCUT2D eigenvalue weighted by atomic mass is 10.1. The van der Waals surface area contributed by atoms with Gasteiger partial charge in [0.1, 0.15) is 0 Å². The third-order valence-corrected chi connectivity index (χ3v) is 3.38. The van der Waals surface area contributed by atoms with Crippen LogP contribution in [0, 0.1) is 0 Å². The fourth-order valence-electron chi connectivity index (χ4n) is 1.74. The van der Waals surface area contributed by atoms with Crippen LogP contribution in [0.1, 0.15) is 23.0 Å². The van der Waals surface area contributed by atoms with Gasteiger partial charge in [-0.15, -0.1) is 11.3 Å². The Morgan fingerprint density at radius 2 is 2.62 bits per heavy atom. The van der Waals surface area contributed by atoms with E-state index in [1.165, 1.54) is 16.9 Å². The van der Waals surface area contributed by atoms with Crippen molar-refractivity contribution in [3.8, 4) is 0 Å². The summed E-state index contributed by atoms with van der Waals surface area (Å²) in [6.07, 6.45) is 2.62. The second-order valence-electron chi connectivity index (χ2n) is 3.32. The molecule has 3 heteroatoms. The number of fused-ring (bicyclic) bond motifs is 1. The van der Waals surface area contributed by atoms with Crippen molar-refractivity contribution >= 4 is 11.3 Å². The van der Waals surface area contributed by atoms with Crippen molar-refractivity contribution in [3.05, 3.63) is 21.9 Å². The monoisotopic (exact) mass is 197 g/mol. The highest BCUT2D eigenvalue weighted by Crippen LogP contribution is 2.29. The van der Waals surface area contributed by atoms with Crippen molar-refractivity contribution in [1.82, 2.24) is 5.32 Å². The van der Waals surface area contributed by atoms with Crippen LogP contribution in [0.5, 0.6) is 0 Å². The van der Waals surface area contributed by atoms with Crippen LogP contribution in [0.4, 0.5) is 0 Å².